The molecule has 17 heavy (non-hydrogen) atoms. The van der Waals surface area contributed by atoms with E-state index in [1.165, 1.54) is 6.92 Å². The van der Waals surface area contributed by atoms with Crippen molar-refractivity contribution in [3.63, 3.8) is 0 Å². The fourth-order valence-electron chi connectivity index (χ4n) is 1.48. The molecule has 92 valence electrons. The van der Waals surface area contributed by atoms with Gasteiger partial charge in [-0.1, -0.05) is 34.1 Å². The van der Waals surface area contributed by atoms with Gasteiger partial charge in [-0.3, -0.25) is 4.79 Å². The number of aliphatic hydroxyl groups is 1. The van der Waals surface area contributed by atoms with Crippen LogP contribution in [-0.4, -0.2) is 17.7 Å². The topological polar surface area (TPSA) is 46.5 Å². The number of halogens is 1. The Labute approximate surface area is 109 Å². The first-order valence-corrected chi connectivity index (χ1v) is 6.00. The number of carbonyl (C=O) groups excluding carboxylic acids is 1. The van der Waals surface area contributed by atoms with Crippen molar-refractivity contribution >= 4 is 21.9 Å². The first-order chi connectivity index (χ1) is 7.98. The van der Waals surface area contributed by atoms with Crippen LogP contribution in [0.1, 0.15) is 18.9 Å². The number of esters is 1. The van der Waals surface area contributed by atoms with Gasteiger partial charge in [0.05, 0.1) is 0 Å². The van der Waals surface area contributed by atoms with E-state index in [2.05, 4.69) is 22.5 Å². The Hall–Kier alpha value is -1.13. The summed E-state index contributed by atoms with van der Waals surface area (Å²) in [6, 6.07) is 7.24. The molecule has 0 saturated carbocycles. The van der Waals surface area contributed by atoms with E-state index in [0.29, 0.717) is 12.0 Å². The van der Waals surface area contributed by atoms with Crippen LogP contribution in [0.15, 0.2) is 41.4 Å². The zero-order valence-electron chi connectivity index (χ0n) is 9.65. The summed E-state index contributed by atoms with van der Waals surface area (Å²) in [4.78, 5) is 10.8. The molecule has 0 amide bonds. The largest absolute Gasteiger partial charge is 0.462 e. The minimum atomic E-state index is -1.21. The van der Waals surface area contributed by atoms with Crippen molar-refractivity contribution in [2.24, 2.45) is 0 Å². The summed E-state index contributed by atoms with van der Waals surface area (Å²) in [5.74, 6) is -0.412. The lowest BCUT2D eigenvalue weighted by atomic mass is 9.91. The Kier molecular flexibility index (Phi) is 4.90. The lowest BCUT2D eigenvalue weighted by Crippen LogP contribution is -2.32. The minimum absolute atomic E-state index is 0.0734. The lowest BCUT2D eigenvalue weighted by molar-refractivity contribution is -0.149. The molecule has 1 N–H and O–H groups in total. The van der Waals surface area contributed by atoms with Gasteiger partial charge >= 0.3 is 5.97 Å². The molecule has 4 heteroatoms. The van der Waals surface area contributed by atoms with Crippen LogP contribution in [-0.2, 0) is 15.1 Å². The summed E-state index contributed by atoms with van der Waals surface area (Å²) in [5.41, 5.74) is -0.518. The zero-order valence-corrected chi connectivity index (χ0v) is 11.2. The molecule has 1 rings (SSSR count). The average molecular weight is 299 g/mol. The van der Waals surface area contributed by atoms with Crippen LogP contribution >= 0.6 is 15.9 Å². The maximum Gasteiger partial charge on any atom is 0.302 e. The molecule has 1 aromatic rings. The van der Waals surface area contributed by atoms with Crippen molar-refractivity contribution in [1.82, 2.24) is 0 Å². The summed E-state index contributed by atoms with van der Waals surface area (Å²) in [5, 5.41) is 10.5. The van der Waals surface area contributed by atoms with Gasteiger partial charge in [0.15, 0.2) is 0 Å². The monoisotopic (exact) mass is 298 g/mol. The van der Waals surface area contributed by atoms with Crippen molar-refractivity contribution < 1.29 is 14.6 Å². The third-order valence-electron chi connectivity index (χ3n) is 2.38. The quantitative estimate of drug-likeness (QED) is 0.672. The van der Waals surface area contributed by atoms with Crippen LogP contribution in [0.5, 0.6) is 0 Å². The first kappa shape index (κ1) is 13.9. The highest BCUT2D eigenvalue weighted by Gasteiger charge is 2.29. The third kappa shape index (κ3) is 3.98. The SMILES string of the molecule is C=CC[C@](O)(COC(C)=O)c1ccc(Br)cc1. The number of ether oxygens (including phenoxy) is 1. The summed E-state index contributed by atoms with van der Waals surface area (Å²) in [6.45, 7) is 4.85. The average Bonchev–Trinajstić information content (AvgIpc) is 2.28. The van der Waals surface area contributed by atoms with E-state index in [4.69, 9.17) is 4.74 Å². The van der Waals surface area contributed by atoms with Gasteiger partial charge in [-0.25, -0.2) is 0 Å². The van der Waals surface area contributed by atoms with E-state index >= 15 is 0 Å². The standard InChI is InChI=1S/C13H15BrO3/c1-3-8-13(16,9-17-10(2)15)11-4-6-12(14)7-5-11/h3-7,16H,1,8-9H2,2H3/t13-/m0/s1. The van der Waals surface area contributed by atoms with E-state index < -0.39 is 11.6 Å². The van der Waals surface area contributed by atoms with Crippen LogP contribution in [0.25, 0.3) is 0 Å². The summed E-state index contributed by atoms with van der Waals surface area (Å²) >= 11 is 3.33. The highest BCUT2D eigenvalue weighted by Crippen LogP contribution is 2.27. The van der Waals surface area contributed by atoms with Crippen molar-refractivity contribution in [2.45, 2.75) is 18.9 Å². The number of hydrogen-bond donors (Lipinski definition) is 1. The van der Waals surface area contributed by atoms with Gasteiger partial charge in [-0.05, 0) is 17.7 Å². The van der Waals surface area contributed by atoms with Crippen LogP contribution in [0.2, 0.25) is 0 Å². The van der Waals surface area contributed by atoms with Crippen LogP contribution in [0, 0.1) is 0 Å². The lowest BCUT2D eigenvalue weighted by Gasteiger charge is -2.26. The molecule has 0 heterocycles. The molecule has 0 radical (unpaired) electrons. The second-order valence-corrected chi connectivity index (χ2v) is 4.73. The van der Waals surface area contributed by atoms with E-state index in [1.807, 2.05) is 12.1 Å². The molecular formula is C13H15BrO3. The predicted molar refractivity (Wildman–Crippen MR) is 69.5 cm³/mol. The fraction of sp³-hybridized carbons (Fsp3) is 0.308. The van der Waals surface area contributed by atoms with Crippen molar-refractivity contribution in [3.05, 3.63) is 47.0 Å². The van der Waals surface area contributed by atoms with Gasteiger partial charge in [0.2, 0.25) is 0 Å². The normalized spacial score (nSPS) is 13.8. The van der Waals surface area contributed by atoms with Crippen LogP contribution in [0.3, 0.4) is 0 Å². The molecule has 0 bridgehead atoms. The molecule has 0 unspecified atom stereocenters. The molecule has 0 aliphatic carbocycles. The van der Waals surface area contributed by atoms with E-state index in [0.717, 1.165) is 4.47 Å². The molecule has 0 spiro atoms. The van der Waals surface area contributed by atoms with Crippen LogP contribution in [0.4, 0.5) is 0 Å². The van der Waals surface area contributed by atoms with Crippen molar-refractivity contribution in [2.75, 3.05) is 6.61 Å². The third-order valence-corrected chi connectivity index (χ3v) is 2.91. The summed E-state index contributed by atoms with van der Waals surface area (Å²) < 4.78 is 5.82. The molecule has 0 fully saturated rings. The first-order valence-electron chi connectivity index (χ1n) is 5.20. The van der Waals surface area contributed by atoms with Crippen molar-refractivity contribution in [1.29, 1.82) is 0 Å². The smallest absolute Gasteiger partial charge is 0.302 e. The Morgan fingerprint density at radius 3 is 2.59 bits per heavy atom. The van der Waals surface area contributed by atoms with Gasteiger partial charge in [-0.15, -0.1) is 6.58 Å². The van der Waals surface area contributed by atoms with E-state index in [1.54, 1.807) is 18.2 Å². The molecular weight excluding hydrogens is 284 g/mol. The zero-order chi connectivity index (χ0) is 12.9. The highest BCUT2D eigenvalue weighted by molar-refractivity contribution is 9.10. The fourth-order valence-corrected chi connectivity index (χ4v) is 1.74. The maximum absolute atomic E-state index is 10.8. The number of carbonyl (C=O) groups is 1. The Bertz CT molecular complexity index is 400. The molecule has 1 atom stereocenters. The summed E-state index contributed by atoms with van der Waals surface area (Å²) in [7, 11) is 0. The molecule has 0 aliphatic rings. The predicted octanol–water partition coefficient (Wildman–Crippen LogP) is 2.78. The maximum atomic E-state index is 10.8. The number of rotatable bonds is 5. The second-order valence-electron chi connectivity index (χ2n) is 3.81. The summed E-state index contributed by atoms with van der Waals surface area (Å²) in [6.07, 6.45) is 1.92. The minimum Gasteiger partial charge on any atom is -0.462 e. The molecule has 3 nitrogen and oxygen atoms in total. The molecule has 0 aromatic heterocycles. The van der Waals surface area contributed by atoms with E-state index in [-0.39, 0.29) is 6.61 Å². The van der Waals surface area contributed by atoms with E-state index in [9.17, 15) is 9.90 Å². The molecule has 1 aromatic carbocycles. The number of benzene rings is 1. The van der Waals surface area contributed by atoms with Gasteiger partial charge in [0.1, 0.15) is 12.2 Å². The van der Waals surface area contributed by atoms with Gasteiger partial charge in [0.25, 0.3) is 0 Å². The van der Waals surface area contributed by atoms with Crippen molar-refractivity contribution in [3.8, 4) is 0 Å². The second kappa shape index (κ2) is 5.98. The number of hydrogen-bond acceptors (Lipinski definition) is 3. The Morgan fingerprint density at radius 2 is 2.12 bits per heavy atom. The van der Waals surface area contributed by atoms with Gasteiger partial charge in [0, 0.05) is 17.8 Å². The van der Waals surface area contributed by atoms with Gasteiger partial charge in [-0.2, -0.15) is 0 Å². The Balaban J connectivity index is 2.93. The highest BCUT2D eigenvalue weighted by atomic mass is 79.9. The van der Waals surface area contributed by atoms with Gasteiger partial charge < -0.3 is 9.84 Å². The van der Waals surface area contributed by atoms with Crippen LogP contribution < -0.4 is 0 Å². The molecule has 0 aliphatic heterocycles. The molecule has 0 saturated heterocycles. The Morgan fingerprint density at radius 1 is 1.53 bits per heavy atom.